The maximum Gasteiger partial charge on any atom is 0.230 e. The monoisotopic (exact) mass is 436 g/mol. The maximum absolute atomic E-state index is 12.6. The van der Waals surface area contributed by atoms with Gasteiger partial charge in [-0.1, -0.05) is 48.2 Å². The third-order valence-electron chi connectivity index (χ3n) is 5.12. The standard InChI is InChI=1S/C24H28N4O2S/c1-6-13-28-23(20-9-7-8-10-21(20)30-5)26-27-24(28)31-15-22(29)25-18(4)19-12-11-16(2)17(3)14-19/h6-12,14,18H,1,13,15H2,2-5H3,(H,25,29). The molecule has 0 aliphatic carbocycles. The van der Waals surface area contributed by atoms with Crippen LogP contribution in [0.3, 0.4) is 0 Å². The van der Waals surface area contributed by atoms with E-state index in [1.54, 1.807) is 13.2 Å². The van der Waals surface area contributed by atoms with Crippen molar-refractivity contribution in [3.8, 4) is 17.1 Å². The van der Waals surface area contributed by atoms with Crippen LogP contribution in [0.15, 0.2) is 60.3 Å². The Morgan fingerprint density at radius 1 is 1.23 bits per heavy atom. The lowest BCUT2D eigenvalue weighted by Crippen LogP contribution is -2.28. The van der Waals surface area contributed by atoms with Crippen LogP contribution in [0.4, 0.5) is 0 Å². The number of para-hydroxylation sites is 1. The highest BCUT2D eigenvalue weighted by Crippen LogP contribution is 2.31. The first kappa shape index (κ1) is 22.6. The van der Waals surface area contributed by atoms with E-state index in [1.165, 1.54) is 22.9 Å². The highest BCUT2D eigenvalue weighted by atomic mass is 32.2. The smallest absolute Gasteiger partial charge is 0.230 e. The molecule has 0 aliphatic rings. The molecule has 31 heavy (non-hydrogen) atoms. The molecule has 1 unspecified atom stereocenters. The lowest BCUT2D eigenvalue weighted by Gasteiger charge is -2.16. The van der Waals surface area contributed by atoms with E-state index in [0.29, 0.717) is 17.5 Å². The van der Waals surface area contributed by atoms with Crippen molar-refractivity contribution in [1.82, 2.24) is 20.1 Å². The van der Waals surface area contributed by atoms with E-state index in [2.05, 4.69) is 54.1 Å². The average Bonchev–Trinajstić information content (AvgIpc) is 3.16. The normalized spacial score (nSPS) is 11.7. The number of nitrogens with one attached hydrogen (secondary N) is 1. The van der Waals surface area contributed by atoms with Crippen molar-refractivity contribution in [3.63, 3.8) is 0 Å². The lowest BCUT2D eigenvalue weighted by molar-refractivity contribution is -0.119. The minimum Gasteiger partial charge on any atom is -0.496 e. The summed E-state index contributed by atoms with van der Waals surface area (Å²) in [5.74, 6) is 1.60. The predicted molar refractivity (Wildman–Crippen MR) is 125 cm³/mol. The van der Waals surface area contributed by atoms with E-state index in [1.807, 2.05) is 35.8 Å². The number of hydrogen-bond acceptors (Lipinski definition) is 5. The lowest BCUT2D eigenvalue weighted by atomic mass is 10.0. The number of benzene rings is 2. The van der Waals surface area contributed by atoms with Gasteiger partial charge in [-0.05, 0) is 49.6 Å². The summed E-state index contributed by atoms with van der Waals surface area (Å²) in [6, 6.07) is 13.9. The zero-order valence-electron chi connectivity index (χ0n) is 18.4. The summed E-state index contributed by atoms with van der Waals surface area (Å²) in [4.78, 5) is 12.6. The van der Waals surface area contributed by atoms with Crippen LogP contribution in [0.1, 0.15) is 29.7 Å². The number of ether oxygens (including phenoxy) is 1. The van der Waals surface area contributed by atoms with Gasteiger partial charge >= 0.3 is 0 Å². The van der Waals surface area contributed by atoms with Crippen LogP contribution in [0.5, 0.6) is 5.75 Å². The van der Waals surface area contributed by atoms with Gasteiger partial charge in [0, 0.05) is 6.54 Å². The molecule has 0 spiro atoms. The molecule has 1 aromatic heterocycles. The molecule has 3 rings (SSSR count). The number of hydrogen-bond donors (Lipinski definition) is 1. The zero-order valence-corrected chi connectivity index (χ0v) is 19.2. The van der Waals surface area contributed by atoms with Crippen LogP contribution in [-0.2, 0) is 11.3 Å². The third kappa shape index (κ3) is 5.35. The Kier molecular flexibility index (Phi) is 7.52. The summed E-state index contributed by atoms with van der Waals surface area (Å²) < 4.78 is 7.40. The van der Waals surface area contributed by atoms with Gasteiger partial charge in [0.1, 0.15) is 5.75 Å². The molecule has 1 heterocycles. The van der Waals surface area contributed by atoms with E-state index in [0.717, 1.165) is 16.9 Å². The summed E-state index contributed by atoms with van der Waals surface area (Å²) in [6.07, 6.45) is 1.79. The number of rotatable bonds is 9. The van der Waals surface area contributed by atoms with Crippen LogP contribution in [-0.4, -0.2) is 33.5 Å². The summed E-state index contributed by atoms with van der Waals surface area (Å²) in [7, 11) is 1.63. The fourth-order valence-electron chi connectivity index (χ4n) is 3.25. The van der Waals surface area contributed by atoms with Gasteiger partial charge in [-0.2, -0.15) is 0 Å². The quantitative estimate of drug-likeness (QED) is 0.388. The first-order valence-electron chi connectivity index (χ1n) is 10.1. The van der Waals surface area contributed by atoms with Gasteiger partial charge in [-0.25, -0.2) is 0 Å². The Bertz CT molecular complexity index is 1080. The van der Waals surface area contributed by atoms with E-state index >= 15 is 0 Å². The van der Waals surface area contributed by atoms with Gasteiger partial charge in [-0.3, -0.25) is 9.36 Å². The molecule has 162 valence electrons. The molecule has 0 saturated heterocycles. The van der Waals surface area contributed by atoms with E-state index < -0.39 is 0 Å². The van der Waals surface area contributed by atoms with Crippen molar-refractivity contribution in [2.75, 3.05) is 12.9 Å². The Labute approximate surface area is 187 Å². The van der Waals surface area contributed by atoms with E-state index in [-0.39, 0.29) is 17.7 Å². The molecule has 0 radical (unpaired) electrons. The second kappa shape index (κ2) is 10.3. The molecule has 3 aromatic rings. The largest absolute Gasteiger partial charge is 0.496 e. The van der Waals surface area contributed by atoms with Crippen molar-refractivity contribution in [3.05, 3.63) is 71.8 Å². The minimum atomic E-state index is -0.0671. The van der Waals surface area contributed by atoms with Crippen LogP contribution in [0.25, 0.3) is 11.4 Å². The highest BCUT2D eigenvalue weighted by Gasteiger charge is 2.18. The maximum atomic E-state index is 12.6. The average molecular weight is 437 g/mol. The number of carbonyl (C=O) groups excluding carboxylic acids is 1. The highest BCUT2D eigenvalue weighted by molar-refractivity contribution is 7.99. The number of thioether (sulfide) groups is 1. The SMILES string of the molecule is C=CCn1c(SCC(=O)NC(C)c2ccc(C)c(C)c2)nnc1-c1ccccc1OC. The van der Waals surface area contributed by atoms with Gasteiger partial charge in [0.05, 0.1) is 24.5 Å². The summed E-state index contributed by atoms with van der Waals surface area (Å²) in [5.41, 5.74) is 4.40. The molecule has 7 heteroatoms. The van der Waals surface area contributed by atoms with Gasteiger partial charge in [0.25, 0.3) is 0 Å². The molecule has 0 saturated carbocycles. The summed E-state index contributed by atoms with van der Waals surface area (Å²) in [6.45, 7) is 10.5. The number of allylic oxidation sites excluding steroid dienone is 1. The number of methoxy groups -OCH3 is 1. The number of carbonyl (C=O) groups is 1. The Hall–Kier alpha value is -3.06. The topological polar surface area (TPSA) is 69.0 Å². The molecule has 1 N–H and O–H groups in total. The number of aryl methyl sites for hydroxylation is 2. The van der Waals surface area contributed by atoms with Crippen LogP contribution in [0, 0.1) is 13.8 Å². The number of aromatic nitrogens is 3. The predicted octanol–water partition coefficient (Wildman–Crippen LogP) is 4.73. The minimum absolute atomic E-state index is 0.0530. The van der Waals surface area contributed by atoms with Crippen LogP contribution in [0.2, 0.25) is 0 Å². The number of nitrogens with zero attached hydrogens (tertiary/aromatic N) is 3. The van der Waals surface area contributed by atoms with Crippen LogP contribution < -0.4 is 10.1 Å². The van der Waals surface area contributed by atoms with Crippen LogP contribution >= 0.6 is 11.8 Å². The second-order valence-corrected chi connectivity index (χ2v) is 8.27. The second-order valence-electron chi connectivity index (χ2n) is 7.33. The van der Waals surface area contributed by atoms with Crippen molar-refractivity contribution in [2.45, 2.75) is 38.5 Å². The fraction of sp³-hybridized carbons (Fsp3) is 0.292. The molecule has 2 aromatic carbocycles. The molecule has 0 fully saturated rings. The first-order valence-corrected chi connectivity index (χ1v) is 11.1. The van der Waals surface area contributed by atoms with Crippen molar-refractivity contribution < 1.29 is 9.53 Å². The Morgan fingerprint density at radius 2 is 2.00 bits per heavy atom. The summed E-state index contributed by atoms with van der Waals surface area (Å²) in [5, 5.41) is 12.4. The zero-order chi connectivity index (χ0) is 22.4. The molecule has 0 aliphatic heterocycles. The molecular weight excluding hydrogens is 408 g/mol. The molecular formula is C24H28N4O2S. The Morgan fingerprint density at radius 3 is 2.71 bits per heavy atom. The van der Waals surface area contributed by atoms with Crippen molar-refractivity contribution in [2.24, 2.45) is 0 Å². The van der Waals surface area contributed by atoms with Gasteiger partial charge < -0.3 is 10.1 Å². The van der Waals surface area contributed by atoms with Crippen molar-refractivity contribution in [1.29, 1.82) is 0 Å². The molecule has 6 nitrogen and oxygen atoms in total. The summed E-state index contributed by atoms with van der Waals surface area (Å²) >= 11 is 1.36. The fourth-order valence-corrected chi connectivity index (χ4v) is 4.01. The first-order chi connectivity index (χ1) is 14.9. The van der Waals surface area contributed by atoms with Gasteiger partial charge in [0.2, 0.25) is 5.91 Å². The third-order valence-corrected chi connectivity index (χ3v) is 6.08. The molecule has 1 atom stereocenters. The molecule has 1 amide bonds. The van der Waals surface area contributed by atoms with E-state index in [9.17, 15) is 4.79 Å². The number of amides is 1. The van der Waals surface area contributed by atoms with Gasteiger partial charge in [-0.15, -0.1) is 16.8 Å². The van der Waals surface area contributed by atoms with E-state index in [4.69, 9.17) is 4.74 Å². The Balaban J connectivity index is 1.71. The van der Waals surface area contributed by atoms with Crippen molar-refractivity contribution >= 4 is 17.7 Å². The van der Waals surface area contributed by atoms with Gasteiger partial charge in [0.15, 0.2) is 11.0 Å². The molecule has 0 bridgehead atoms.